The number of para-hydroxylation sites is 2. The quantitative estimate of drug-likeness (QED) is 0.210. The van der Waals surface area contributed by atoms with E-state index in [0.717, 1.165) is 11.1 Å². The monoisotopic (exact) mass is 479 g/mol. The Hall–Kier alpha value is -5.12. The lowest BCUT2D eigenvalue weighted by Crippen LogP contribution is -2.14. The van der Waals surface area contributed by atoms with Crippen molar-refractivity contribution in [3.8, 4) is 0 Å². The summed E-state index contributed by atoms with van der Waals surface area (Å²) in [7, 11) is 0. The van der Waals surface area contributed by atoms with E-state index < -0.39 is 10.8 Å². The SMILES string of the molecule is Cc1cc(C)cc(NC(=O)c2c(N)n(N=Cc3cccc([N+](=O)[O-])c3)c3nc4ccccc4nc23)c1. The van der Waals surface area contributed by atoms with Crippen LogP contribution in [0.5, 0.6) is 0 Å². The average molecular weight is 480 g/mol. The van der Waals surface area contributed by atoms with E-state index in [2.05, 4.69) is 20.4 Å². The number of fused-ring (bicyclic) bond motifs is 2. The number of nitrogen functional groups attached to an aromatic ring is 1. The number of benzene rings is 3. The van der Waals surface area contributed by atoms with Crippen LogP contribution in [0.1, 0.15) is 27.0 Å². The molecular formula is C26H21N7O3. The van der Waals surface area contributed by atoms with Crippen molar-refractivity contribution in [1.29, 1.82) is 0 Å². The van der Waals surface area contributed by atoms with E-state index in [1.165, 1.54) is 23.0 Å². The smallest absolute Gasteiger partial charge is 0.270 e. The molecule has 0 aliphatic carbocycles. The van der Waals surface area contributed by atoms with Gasteiger partial charge in [-0.1, -0.05) is 30.3 Å². The van der Waals surface area contributed by atoms with Crippen LogP contribution in [0.4, 0.5) is 17.2 Å². The van der Waals surface area contributed by atoms with Gasteiger partial charge in [0.15, 0.2) is 5.65 Å². The molecule has 0 bridgehead atoms. The number of carbonyl (C=O) groups excluding carboxylic acids is 1. The van der Waals surface area contributed by atoms with Crippen LogP contribution in [0.3, 0.4) is 0 Å². The summed E-state index contributed by atoms with van der Waals surface area (Å²) in [5.41, 5.74) is 11.4. The van der Waals surface area contributed by atoms with Crippen LogP contribution in [0.2, 0.25) is 0 Å². The third kappa shape index (κ3) is 4.23. The van der Waals surface area contributed by atoms with Crippen LogP contribution < -0.4 is 11.1 Å². The van der Waals surface area contributed by atoms with Crippen LogP contribution in [0.15, 0.2) is 71.8 Å². The van der Waals surface area contributed by atoms with Crippen LogP contribution >= 0.6 is 0 Å². The number of nitro benzene ring substituents is 1. The van der Waals surface area contributed by atoms with E-state index in [1.54, 1.807) is 24.3 Å². The van der Waals surface area contributed by atoms with E-state index in [9.17, 15) is 14.9 Å². The van der Waals surface area contributed by atoms with Crippen LogP contribution in [-0.2, 0) is 0 Å². The Bertz CT molecular complexity index is 1690. The summed E-state index contributed by atoms with van der Waals surface area (Å²) in [5, 5.41) is 18.4. The number of hydrogen-bond acceptors (Lipinski definition) is 7. The first-order valence-corrected chi connectivity index (χ1v) is 11.1. The molecule has 10 nitrogen and oxygen atoms in total. The summed E-state index contributed by atoms with van der Waals surface area (Å²) >= 11 is 0. The molecule has 0 aliphatic heterocycles. The second kappa shape index (κ2) is 8.91. The normalized spacial score (nSPS) is 11.4. The predicted octanol–water partition coefficient (Wildman–Crippen LogP) is 4.83. The highest BCUT2D eigenvalue weighted by molar-refractivity contribution is 6.16. The van der Waals surface area contributed by atoms with Crippen molar-refractivity contribution in [3.63, 3.8) is 0 Å². The number of anilines is 2. The lowest BCUT2D eigenvalue weighted by atomic mass is 10.1. The Morgan fingerprint density at radius 3 is 2.42 bits per heavy atom. The Morgan fingerprint density at radius 2 is 1.72 bits per heavy atom. The van der Waals surface area contributed by atoms with Gasteiger partial charge in [0.25, 0.3) is 11.6 Å². The fraction of sp³-hybridized carbons (Fsp3) is 0.0769. The summed E-state index contributed by atoms with van der Waals surface area (Å²) in [6.45, 7) is 3.90. The number of nitrogens with one attached hydrogen (secondary N) is 1. The Kier molecular flexibility index (Phi) is 5.61. The Balaban J connectivity index is 1.65. The van der Waals surface area contributed by atoms with Crippen LogP contribution in [-0.4, -0.2) is 31.7 Å². The van der Waals surface area contributed by atoms with E-state index in [-0.39, 0.29) is 17.1 Å². The Labute approximate surface area is 205 Å². The molecule has 36 heavy (non-hydrogen) atoms. The fourth-order valence-corrected chi connectivity index (χ4v) is 4.07. The highest BCUT2D eigenvalue weighted by Gasteiger charge is 2.24. The Morgan fingerprint density at radius 1 is 1.03 bits per heavy atom. The zero-order valence-corrected chi connectivity index (χ0v) is 19.5. The van der Waals surface area contributed by atoms with Gasteiger partial charge in [-0.25, -0.2) is 9.97 Å². The first kappa shape index (κ1) is 22.7. The topological polar surface area (TPSA) is 141 Å². The van der Waals surface area contributed by atoms with E-state index >= 15 is 0 Å². The number of nitrogens with two attached hydrogens (primary N) is 1. The molecule has 178 valence electrons. The molecule has 0 fully saturated rings. The first-order chi connectivity index (χ1) is 17.3. The van der Waals surface area contributed by atoms with Gasteiger partial charge >= 0.3 is 0 Å². The molecule has 10 heteroatoms. The molecule has 0 radical (unpaired) electrons. The number of hydrogen-bond donors (Lipinski definition) is 2. The molecule has 0 spiro atoms. The lowest BCUT2D eigenvalue weighted by molar-refractivity contribution is -0.384. The third-order valence-electron chi connectivity index (χ3n) is 5.58. The lowest BCUT2D eigenvalue weighted by Gasteiger charge is -2.08. The number of aromatic nitrogens is 3. The molecule has 1 amide bonds. The van der Waals surface area contributed by atoms with Gasteiger partial charge in [0.05, 0.1) is 22.2 Å². The van der Waals surface area contributed by atoms with Crippen molar-refractivity contribution in [1.82, 2.24) is 14.6 Å². The minimum atomic E-state index is -0.482. The second-order valence-corrected chi connectivity index (χ2v) is 8.38. The molecule has 0 saturated carbocycles. The minimum Gasteiger partial charge on any atom is -0.383 e. The number of carbonyl (C=O) groups is 1. The van der Waals surface area contributed by atoms with Gasteiger partial charge in [-0.05, 0) is 49.2 Å². The molecule has 3 aromatic carbocycles. The van der Waals surface area contributed by atoms with E-state index in [0.29, 0.717) is 33.4 Å². The number of rotatable bonds is 5. The van der Waals surface area contributed by atoms with Crippen molar-refractivity contribution in [2.24, 2.45) is 5.10 Å². The number of non-ortho nitro benzene ring substituents is 1. The maximum atomic E-state index is 13.4. The second-order valence-electron chi connectivity index (χ2n) is 8.38. The summed E-state index contributed by atoms with van der Waals surface area (Å²) in [4.78, 5) is 33.4. The summed E-state index contributed by atoms with van der Waals surface area (Å²) < 4.78 is 1.32. The number of nitro groups is 1. The van der Waals surface area contributed by atoms with Crippen molar-refractivity contribution < 1.29 is 9.72 Å². The van der Waals surface area contributed by atoms with Gasteiger partial charge in [0.2, 0.25) is 0 Å². The number of aryl methyl sites for hydroxylation is 2. The molecule has 0 saturated heterocycles. The molecule has 5 aromatic rings. The van der Waals surface area contributed by atoms with Gasteiger partial charge in [0.1, 0.15) is 16.9 Å². The molecule has 2 heterocycles. The van der Waals surface area contributed by atoms with Crippen LogP contribution in [0, 0.1) is 24.0 Å². The summed E-state index contributed by atoms with van der Waals surface area (Å²) in [5.74, 6) is -0.403. The van der Waals surface area contributed by atoms with Gasteiger partial charge in [0, 0.05) is 23.4 Å². The van der Waals surface area contributed by atoms with Gasteiger partial charge in [-0.2, -0.15) is 9.78 Å². The predicted molar refractivity (Wildman–Crippen MR) is 139 cm³/mol. The molecule has 5 rings (SSSR count). The maximum Gasteiger partial charge on any atom is 0.270 e. The molecular weight excluding hydrogens is 458 g/mol. The largest absolute Gasteiger partial charge is 0.383 e. The van der Waals surface area contributed by atoms with Crippen molar-refractivity contribution in [2.45, 2.75) is 13.8 Å². The third-order valence-corrected chi connectivity index (χ3v) is 5.58. The zero-order valence-electron chi connectivity index (χ0n) is 19.5. The average Bonchev–Trinajstić information content (AvgIpc) is 3.10. The van der Waals surface area contributed by atoms with Gasteiger partial charge in [-0.3, -0.25) is 14.9 Å². The fourth-order valence-electron chi connectivity index (χ4n) is 4.07. The molecule has 2 aromatic heterocycles. The molecule has 0 atom stereocenters. The van der Waals surface area contributed by atoms with Crippen molar-refractivity contribution >= 4 is 51.5 Å². The van der Waals surface area contributed by atoms with Crippen molar-refractivity contribution in [2.75, 3.05) is 11.1 Å². The van der Waals surface area contributed by atoms with Crippen molar-refractivity contribution in [3.05, 3.63) is 99.1 Å². The maximum absolute atomic E-state index is 13.4. The minimum absolute atomic E-state index is 0.0452. The zero-order chi connectivity index (χ0) is 25.4. The number of amides is 1. The molecule has 0 unspecified atom stereocenters. The summed E-state index contributed by atoms with van der Waals surface area (Å²) in [6, 6.07) is 19.0. The summed E-state index contributed by atoms with van der Waals surface area (Å²) in [6.07, 6.45) is 1.42. The van der Waals surface area contributed by atoms with Crippen LogP contribution in [0.25, 0.3) is 22.2 Å². The standard InChI is InChI=1S/C26H21N7O3/c1-15-10-16(2)12-18(11-15)29-26(34)22-23-25(31-21-9-4-3-8-20(21)30-23)32(24(22)27)28-14-17-6-5-7-19(13-17)33(35)36/h3-14H,27H2,1-2H3,(H,29,34). The van der Waals surface area contributed by atoms with Gasteiger partial charge in [-0.15, -0.1) is 0 Å². The molecule has 3 N–H and O–H groups in total. The van der Waals surface area contributed by atoms with E-state index in [1.807, 2.05) is 44.2 Å². The first-order valence-electron chi connectivity index (χ1n) is 11.1. The molecule has 0 aliphatic rings. The number of nitrogens with zero attached hydrogens (tertiary/aromatic N) is 5. The highest BCUT2D eigenvalue weighted by Crippen LogP contribution is 2.29. The highest BCUT2D eigenvalue weighted by atomic mass is 16.6. The van der Waals surface area contributed by atoms with Gasteiger partial charge < -0.3 is 11.1 Å². The van der Waals surface area contributed by atoms with E-state index in [4.69, 9.17) is 5.73 Å².